The van der Waals surface area contributed by atoms with E-state index in [1.807, 2.05) is 0 Å². The molecule has 0 radical (unpaired) electrons. The molecule has 5 rings (SSSR count). The second-order valence-corrected chi connectivity index (χ2v) is 10.9. The molecule has 5 aromatic carbocycles. The van der Waals surface area contributed by atoms with Crippen molar-refractivity contribution in [2.75, 3.05) is 0 Å². The van der Waals surface area contributed by atoms with Crippen LogP contribution >= 0.6 is 0 Å². The Labute approximate surface area is 291 Å². The molecule has 0 saturated heterocycles. The van der Waals surface area contributed by atoms with Crippen LogP contribution in [-0.4, -0.2) is 13.4 Å². The van der Waals surface area contributed by atoms with Gasteiger partial charge in [-0.3, -0.25) is 0 Å². The van der Waals surface area contributed by atoms with E-state index in [1.165, 1.54) is 0 Å². The lowest BCUT2D eigenvalue weighted by Crippen LogP contribution is -2.64. The molecule has 0 aromatic heterocycles. The summed E-state index contributed by atoms with van der Waals surface area (Å²) in [5.74, 6) is -81.5. The maximum absolute atomic E-state index is 16.1. The Bertz CT molecular complexity index is 2090. The molecule has 56 heavy (non-hydrogen) atoms. The van der Waals surface area contributed by atoms with Gasteiger partial charge in [0.2, 0.25) is 0 Å². The van der Waals surface area contributed by atoms with Crippen LogP contribution in [-0.2, 0) is 0 Å². The van der Waals surface area contributed by atoms with Gasteiger partial charge in [0.05, 0.1) is 0 Å². The zero-order chi connectivity index (χ0) is 42.5. The predicted octanol–water partition coefficient (Wildman–Crippen LogP) is 6.06. The van der Waals surface area contributed by atoms with E-state index >= 15 is 52.7 Å². The van der Waals surface area contributed by atoms with Crippen molar-refractivity contribution in [2.24, 2.45) is 0 Å². The fourth-order valence-electron chi connectivity index (χ4n) is 5.54. The fourth-order valence-corrected chi connectivity index (χ4v) is 5.54. The van der Waals surface area contributed by atoms with E-state index in [4.69, 9.17) is 0 Å². The van der Waals surface area contributed by atoms with Crippen molar-refractivity contribution in [2.45, 2.75) is 0 Å². The monoisotopic (exact) mass is 838 g/mol. The average molecular weight is 838 g/mol. The molecule has 294 valence electrons. The van der Waals surface area contributed by atoms with Gasteiger partial charge in [0.25, 0.3) is 13.4 Å². The van der Waals surface area contributed by atoms with Crippen molar-refractivity contribution in [1.82, 2.24) is 0 Å². The van der Waals surface area contributed by atoms with Crippen molar-refractivity contribution in [3.05, 3.63) is 140 Å². The van der Waals surface area contributed by atoms with Crippen LogP contribution in [0, 0.1) is 140 Å². The second-order valence-electron chi connectivity index (χ2n) is 10.9. The quantitative estimate of drug-likeness (QED) is 0.0846. The van der Waals surface area contributed by atoms with Gasteiger partial charge < -0.3 is 0 Å². The van der Waals surface area contributed by atoms with E-state index < -0.39 is 186 Å². The van der Waals surface area contributed by atoms with E-state index in [0.29, 0.717) is 0 Å². The molecular formula is C30B2F24. The summed E-state index contributed by atoms with van der Waals surface area (Å²) in [5.41, 5.74) is -18.9. The van der Waals surface area contributed by atoms with E-state index in [0.717, 1.165) is 0 Å². The van der Waals surface area contributed by atoms with Crippen LogP contribution in [0.4, 0.5) is 105 Å². The zero-order valence-corrected chi connectivity index (χ0v) is 25.2. The molecule has 26 heteroatoms. The smallest absolute Gasteiger partial charge is 0.204 e. The standard InChI is InChI=1S/C30B2F24/c33-7-1(31(3-11(37)19(45)27(53)20(46)12(3)38)4-13(39)21(47)28(54)22(48)14(4)40)8(34)10(36)2(9(7)35)32(5-15(41)23(49)29(55)24(50)16(5)42)6-17(43)25(51)30(56)26(52)18(6)44. The Hall–Kier alpha value is -5.45. The van der Waals surface area contributed by atoms with Crippen molar-refractivity contribution in [1.29, 1.82) is 0 Å². The number of hydrogen-bond acceptors (Lipinski definition) is 0. The largest absolute Gasteiger partial charge is 0.265 e. The van der Waals surface area contributed by atoms with Crippen molar-refractivity contribution in [3.63, 3.8) is 0 Å². The van der Waals surface area contributed by atoms with Gasteiger partial charge >= 0.3 is 0 Å². The molecule has 0 fully saturated rings. The maximum Gasteiger partial charge on any atom is 0.265 e. The van der Waals surface area contributed by atoms with Crippen molar-refractivity contribution >= 4 is 46.2 Å². The molecule has 0 aliphatic carbocycles. The van der Waals surface area contributed by atoms with Crippen LogP contribution in [0.5, 0.6) is 0 Å². The molecular weight excluding hydrogens is 838 g/mol. The third kappa shape index (κ3) is 5.72. The molecule has 0 unspecified atom stereocenters. The van der Waals surface area contributed by atoms with Crippen LogP contribution in [0.2, 0.25) is 0 Å². The minimum absolute atomic E-state index is 3.09. The molecule has 0 nitrogen and oxygen atoms in total. The van der Waals surface area contributed by atoms with E-state index in [1.54, 1.807) is 0 Å². The Kier molecular flexibility index (Phi) is 10.6. The van der Waals surface area contributed by atoms with Gasteiger partial charge in [0.15, 0.2) is 140 Å². The van der Waals surface area contributed by atoms with Gasteiger partial charge in [-0.15, -0.1) is 0 Å². The highest BCUT2D eigenvalue weighted by Gasteiger charge is 2.49. The van der Waals surface area contributed by atoms with Gasteiger partial charge in [-0.25, -0.2) is 105 Å². The molecule has 0 heterocycles. The van der Waals surface area contributed by atoms with Crippen LogP contribution in [0.1, 0.15) is 0 Å². The van der Waals surface area contributed by atoms with Crippen LogP contribution in [0.3, 0.4) is 0 Å². The summed E-state index contributed by atoms with van der Waals surface area (Å²) in [6, 6.07) is 0. The third-order valence-corrected chi connectivity index (χ3v) is 8.04. The summed E-state index contributed by atoms with van der Waals surface area (Å²) in [7, 11) is 0. The maximum atomic E-state index is 16.1. The number of rotatable bonds is 6. The molecule has 0 atom stereocenters. The summed E-state index contributed by atoms with van der Waals surface area (Å²) in [5, 5.41) is 0. The SMILES string of the molecule is Fc1c(F)c(F)c(B(c2c(F)c(F)c(F)c(F)c2F)c2c(F)c(F)c(B(c3c(F)c(F)c(F)c(F)c3F)c3c(F)c(F)c(F)c(F)c3F)c(F)c2F)c(F)c1F. The normalized spacial score (nSPS) is 11.6. The summed E-state index contributed by atoms with van der Waals surface area (Å²) in [6.45, 7) is -9.08. The van der Waals surface area contributed by atoms with E-state index in [2.05, 4.69) is 0 Å². The highest BCUT2D eigenvalue weighted by molar-refractivity contribution is 6.97. The fraction of sp³-hybridized carbons (Fsp3) is 0. The second kappa shape index (κ2) is 14.2. The lowest BCUT2D eigenvalue weighted by molar-refractivity contribution is 0.382. The number of benzene rings is 5. The van der Waals surface area contributed by atoms with Gasteiger partial charge in [-0.1, -0.05) is 0 Å². The highest BCUT2D eigenvalue weighted by atomic mass is 19.2. The lowest BCUT2D eigenvalue weighted by Gasteiger charge is -2.24. The Morgan fingerprint density at radius 2 is 0.196 bits per heavy atom. The Balaban J connectivity index is 2.07. The van der Waals surface area contributed by atoms with E-state index in [-0.39, 0.29) is 0 Å². The minimum atomic E-state index is -4.54. The highest BCUT2D eigenvalue weighted by Crippen LogP contribution is 2.25. The first kappa shape index (κ1) is 41.7. The minimum Gasteiger partial charge on any atom is -0.204 e. The van der Waals surface area contributed by atoms with Gasteiger partial charge in [-0.2, -0.15) is 0 Å². The average Bonchev–Trinajstić information content (AvgIpc) is 3.16. The number of halogens is 24. The molecule has 0 spiro atoms. The molecule has 0 aliphatic heterocycles. The number of hydrogen-bond donors (Lipinski definition) is 0. The van der Waals surface area contributed by atoms with Gasteiger partial charge in [-0.05, 0) is 0 Å². The van der Waals surface area contributed by atoms with Crippen molar-refractivity contribution in [3.8, 4) is 0 Å². The zero-order valence-electron chi connectivity index (χ0n) is 25.2. The summed E-state index contributed by atoms with van der Waals surface area (Å²) in [4.78, 5) is 0. The lowest BCUT2D eigenvalue weighted by atomic mass is 9.33. The first-order valence-electron chi connectivity index (χ1n) is 13.8. The van der Waals surface area contributed by atoms with Crippen molar-refractivity contribution < 1.29 is 105 Å². The first-order chi connectivity index (χ1) is 25.9. The van der Waals surface area contributed by atoms with E-state index in [9.17, 15) is 52.7 Å². The topological polar surface area (TPSA) is 0 Å². The van der Waals surface area contributed by atoms with Crippen LogP contribution in [0.25, 0.3) is 0 Å². The predicted molar refractivity (Wildman–Crippen MR) is 141 cm³/mol. The van der Waals surface area contributed by atoms with Gasteiger partial charge in [0, 0.05) is 32.8 Å². The molecule has 0 N–H and O–H groups in total. The summed E-state index contributed by atoms with van der Waals surface area (Å²) < 4.78 is 354. The van der Waals surface area contributed by atoms with Gasteiger partial charge in [0.1, 0.15) is 0 Å². The Morgan fingerprint density at radius 1 is 0.125 bits per heavy atom. The molecule has 5 aromatic rings. The molecule has 0 amide bonds. The summed E-state index contributed by atoms with van der Waals surface area (Å²) in [6.07, 6.45) is 0. The third-order valence-electron chi connectivity index (χ3n) is 8.04. The summed E-state index contributed by atoms with van der Waals surface area (Å²) >= 11 is 0. The van der Waals surface area contributed by atoms with Crippen LogP contribution in [0.15, 0.2) is 0 Å². The van der Waals surface area contributed by atoms with Crippen LogP contribution < -0.4 is 32.8 Å². The Morgan fingerprint density at radius 3 is 0.304 bits per heavy atom. The molecule has 0 bridgehead atoms. The first-order valence-corrected chi connectivity index (χ1v) is 13.8. The molecule has 0 aliphatic rings. The molecule has 0 saturated carbocycles.